The monoisotopic (exact) mass is 290 g/mol. The van der Waals surface area contributed by atoms with Crippen LogP contribution in [0.4, 0.5) is 0 Å². The quantitative estimate of drug-likeness (QED) is 0.849. The van der Waals surface area contributed by atoms with Crippen LogP contribution in [0.25, 0.3) is 0 Å². The fraction of sp³-hybridized carbons (Fsp3) is 0.267. The standard InChI is InChI=1S/C15H18N2O2S/c1-13-6-3-4-8-15(13)12-20(18,19)17(2)11-14-7-5-9-16-10-14/h3-10H,11-12H2,1-2H3. The van der Waals surface area contributed by atoms with E-state index in [1.807, 2.05) is 37.3 Å². The van der Waals surface area contributed by atoms with E-state index in [0.29, 0.717) is 6.54 Å². The van der Waals surface area contributed by atoms with Crippen molar-refractivity contribution in [1.29, 1.82) is 0 Å². The van der Waals surface area contributed by atoms with Gasteiger partial charge < -0.3 is 0 Å². The molecule has 0 unspecified atom stereocenters. The molecule has 20 heavy (non-hydrogen) atoms. The van der Waals surface area contributed by atoms with Crippen LogP contribution in [-0.4, -0.2) is 24.8 Å². The molecule has 106 valence electrons. The number of aromatic nitrogens is 1. The van der Waals surface area contributed by atoms with Crippen LogP contribution in [0.2, 0.25) is 0 Å². The fourth-order valence-corrected chi connectivity index (χ4v) is 3.21. The van der Waals surface area contributed by atoms with Gasteiger partial charge in [0.25, 0.3) is 0 Å². The molecule has 2 rings (SSSR count). The minimum atomic E-state index is -3.33. The van der Waals surface area contributed by atoms with Gasteiger partial charge in [-0.3, -0.25) is 4.98 Å². The van der Waals surface area contributed by atoms with Crippen LogP contribution >= 0.6 is 0 Å². The summed E-state index contributed by atoms with van der Waals surface area (Å²) in [5.41, 5.74) is 2.71. The summed E-state index contributed by atoms with van der Waals surface area (Å²) in [6, 6.07) is 11.2. The number of nitrogens with zero attached hydrogens (tertiary/aromatic N) is 2. The molecule has 1 heterocycles. The number of sulfonamides is 1. The number of aryl methyl sites for hydroxylation is 1. The molecule has 0 N–H and O–H groups in total. The SMILES string of the molecule is Cc1ccccc1CS(=O)(=O)N(C)Cc1cccnc1. The predicted molar refractivity (Wildman–Crippen MR) is 79.5 cm³/mol. The molecule has 0 aliphatic carbocycles. The lowest BCUT2D eigenvalue weighted by Crippen LogP contribution is -2.28. The Balaban J connectivity index is 2.12. The van der Waals surface area contributed by atoms with E-state index in [0.717, 1.165) is 16.7 Å². The smallest absolute Gasteiger partial charge is 0.218 e. The van der Waals surface area contributed by atoms with E-state index in [2.05, 4.69) is 4.98 Å². The van der Waals surface area contributed by atoms with Crippen molar-refractivity contribution in [2.24, 2.45) is 0 Å². The van der Waals surface area contributed by atoms with Gasteiger partial charge >= 0.3 is 0 Å². The summed E-state index contributed by atoms with van der Waals surface area (Å²) >= 11 is 0. The van der Waals surface area contributed by atoms with E-state index >= 15 is 0 Å². The van der Waals surface area contributed by atoms with Crippen LogP contribution in [0.5, 0.6) is 0 Å². The Labute approximate surface area is 120 Å². The molecule has 2 aromatic rings. The molecule has 0 amide bonds. The number of benzene rings is 1. The average Bonchev–Trinajstić information content (AvgIpc) is 2.42. The van der Waals surface area contributed by atoms with Crippen molar-refractivity contribution in [3.05, 3.63) is 65.5 Å². The number of hydrogen-bond acceptors (Lipinski definition) is 3. The Morgan fingerprint density at radius 3 is 2.55 bits per heavy atom. The molecule has 0 aliphatic heterocycles. The maximum absolute atomic E-state index is 12.4. The molecule has 5 heteroatoms. The van der Waals surface area contributed by atoms with Gasteiger partial charge in [0.1, 0.15) is 0 Å². The maximum Gasteiger partial charge on any atom is 0.218 e. The second-order valence-electron chi connectivity index (χ2n) is 4.80. The first-order valence-electron chi connectivity index (χ1n) is 6.36. The van der Waals surface area contributed by atoms with Gasteiger partial charge in [-0.25, -0.2) is 12.7 Å². The van der Waals surface area contributed by atoms with Crippen molar-refractivity contribution in [2.75, 3.05) is 7.05 Å². The second kappa shape index (κ2) is 6.15. The Hall–Kier alpha value is -1.72. The van der Waals surface area contributed by atoms with Crippen LogP contribution in [0.1, 0.15) is 16.7 Å². The fourth-order valence-electron chi connectivity index (χ4n) is 1.93. The van der Waals surface area contributed by atoms with E-state index in [-0.39, 0.29) is 5.75 Å². The molecule has 0 fully saturated rings. The first kappa shape index (κ1) is 14.7. The van der Waals surface area contributed by atoms with Gasteiger partial charge in [0.05, 0.1) is 5.75 Å². The van der Waals surface area contributed by atoms with Crippen molar-refractivity contribution >= 4 is 10.0 Å². The van der Waals surface area contributed by atoms with Crippen LogP contribution in [-0.2, 0) is 22.3 Å². The van der Waals surface area contributed by atoms with Gasteiger partial charge in [0.2, 0.25) is 10.0 Å². The largest absolute Gasteiger partial charge is 0.264 e. The molecule has 0 aliphatic rings. The zero-order valence-electron chi connectivity index (χ0n) is 11.7. The summed E-state index contributed by atoms with van der Waals surface area (Å²) in [6.45, 7) is 2.26. The molecule has 0 saturated carbocycles. The van der Waals surface area contributed by atoms with E-state index in [1.54, 1.807) is 25.5 Å². The van der Waals surface area contributed by atoms with Crippen LogP contribution in [0, 0.1) is 6.92 Å². The minimum absolute atomic E-state index is 0.0242. The minimum Gasteiger partial charge on any atom is -0.264 e. The Morgan fingerprint density at radius 1 is 1.15 bits per heavy atom. The third-order valence-electron chi connectivity index (χ3n) is 3.20. The van der Waals surface area contributed by atoms with E-state index < -0.39 is 10.0 Å². The predicted octanol–water partition coefficient (Wildman–Crippen LogP) is 2.35. The maximum atomic E-state index is 12.4. The number of rotatable bonds is 5. The summed E-state index contributed by atoms with van der Waals surface area (Å²) in [4.78, 5) is 4.00. The van der Waals surface area contributed by atoms with Crippen LogP contribution in [0.15, 0.2) is 48.8 Å². The van der Waals surface area contributed by atoms with Crippen molar-refractivity contribution in [3.63, 3.8) is 0 Å². The lowest BCUT2D eigenvalue weighted by atomic mass is 10.1. The lowest BCUT2D eigenvalue weighted by Gasteiger charge is -2.17. The zero-order valence-corrected chi connectivity index (χ0v) is 12.5. The van der Waals surface area contributed by atoms with Crippen LogP contribution < -0.4 is 0 Å². The first-order valence-corrected chi connectivity index (χ1v) is 7.97. The summed E-state index contributed by atoms with van der Waals surface area (Å²) in [5.74, 6) is 0.0242. The molecular formula is C15H18N2O2S. The highest BCUT2D eigenvalue weighted by molar-refractivity contribution is 7.88. The van der Waals surface area contributed by atoms with E-state index in [1.165, 1.54) is 4.31 Å². The summed E-state index contributed by atoms with van der Waals surface area (Å²) in [5, 5.41) is 0. The molecule has 1 aromatic carbocycles. The van der Waals surface area contributed by atoms with E-state index in [4.69, 9.17) is 0 Å². The molecule has 0 radical (unpaired) electrons. The molecule has 0 bridgehead atoms. The second-order valence-corrected chi connectivity index (χ2v) is 6.88. The average molecular weight is 290 g/mol. The summed E-state index contributed by atoms with van der Waals surface area (Å²) in [7, 11) is -1.73. The summed E-state index contributed by atoms with van der Waals surface area (Å²) in [6.07, 6.45) is 3.35. The van der Waals surface area contributed by atoms with Gasteiger partial charge in [0, 0.05) is 26.0 Å². The van der Waals surface area contributed by atoms with Gasteiger partial charge in [-0.05, 0) is 29.7 Å². The topological polar surface area (TPSA) is 50.3 Å². The Kier molecular flexibility index (Phi) is 4.52. The molecule has 0 atom stereocenters. The van der Waals surface area contributed by atoms with E-state index in [9.17, 15) is 8.42 Å². The highest BCUT2D eigenvalue weighted by Gasteiger charge is 2.19. The lowest BCUT2D eigenvalue weighted by molar-refractivity contribution is 0.465. The van der Waals surface area contributed by atoms with Gasteiger partial charge in [0.15, 0.2) is 0 Å². The molecule has 0 spiro atoms. The Morgan fingerprint density at radius 2 is 1.90 bits per heavy atom. The summed E-state index contributed by atoms with van der Waals surface area (Å²) < 4.78 is 26.1. The molecule has 1 aromatic heterocycles. The molecule has 0 saturated heterocycles. The zero-order chi connectivity index (χ0) is 14.6. The normalized spacial score (nSPS) is 11.8. The van der Waals surface area contributed by atoms with Crippen molar-refractivity contribution in [2.45, 2.75) is 19.2 Å². The number of hydrogen-bond donors (Lipinski definition) is 0. The highest BCUT2D eigenvalue weighted by Crippen LogP contribution is 2.15. The van der Waals surface area contributed by atoms with Gasteiger partial charge in [-0.15, -0.1) is 0 Å². The van der Waals surface area contributed by atoms with Gasteiger partial charge in [-0.1, -0.05) is 30.3 Å². The highest BCUT2D eigenvalue weighted by atomic mass is 32.2. The van der Waals surface area contributed by atoms with Crippen LogP contribution in [0.3, 0.4) is 0 Å². The third kappa shape index (κ3) is 3.65. The number of pyridine rings is 1. The molecule has 4 nitrogen and oxygen atoms in total. The van der Waals surface area contributed by atoms with Crippen molar-refractivity contribution in [3.8, 4) is 0 Å². The third-order valence-corrected chi connectivity index (χ3v) is 4.96. The van der Waals surface area contributed by atoms with Crippen molar-refractivity contribution < 1.29 is 8.42 Å². The van der Waals surface area contributed by atoms with Gasteiger partial charge in [-0.2, -0.15) is 0 Å². The van der Waals surface area contributed by atoms with Crippen molar-refractivity contribution in [1.82, 2.24) is 9.29 Å². The molecular weight excluding hydrogens is 272 g/mol. The first-order chi connectivity index (χ1) is 9.49. The Bertz CT molecular complexity index is 669.